The van der Waals surface area contributed by atoms with Gasteiger partial charge in [-0.15, -0.1) is 0 Å². The molecule has 6 nitrogen and oxygen atoms in total. The normalized spacial score (nSPS) is 11.8. The lowest BCUT2D eigenvalue weighted by Crippen LogP contribution is -2.10. The van der Waals surface area contributed by atoms with Crippen LogP contribution in [-0.4, -0.2) is 31.5 Å². The van der Waals surface area contributed by atoms with Crippen molar-refractivity contribution in [2.24, 2.45) is 12.8 Å². The molecule has 0 aliphatic carbocycles. The van der Waals surface area contributed by atoms with E-state index in [1.54, 1.807) is 59.9 Å². The number of nitrogens with two attached hydrogens (primary N) is 1. The summed E-state index contributed by atoms with van der Waals surface area (Å²) in [5, 5.41) is 12.6. The van der Waals surface area contributed by atoms with Crippen LogP contribution in [0.5, 0.6) is 0 Å². The number of hydrogen-bond acceptors (Lipinski definition) is 3. The number of rotatable bonds is 5. The lowest BCUT2D eigenvalue weighted by atomic mass is 10.1. The number of aliphatic hydroxyl groups is 1. The molecular formula is C24H26F2N4O2. The van der Waals surface area contributed by atoms with Crippen molar-refractivity contribution in [3.63, 3.8) is 0 Å². The topological polar surface area (TPSA) is 86.1 Å². The fraction of sp³-hybridized carbons (Fsp3) is 0.250. The molecule has 4 aromatic rings. The second kappa shape index (κ2) is 9.74. The molecule has 0 radical (unpaired) electrons. The maximum Gasteiger partial charge on any atom is 0.250 e. The average Bonchev–Trinajstić information content (AvgIpc) is 3.35. The minimum atomic E-state index is -0.726. The Bertz CT molecular complexity index is 1240. The highest BCUT2D eigenvalue weighted by Gasteiger charge is 2.17. The summed E-state index contributed by atoms with van der Waals surface area (Å²) in [5.74, 6) is -1.65. The maximum atomic E-state index is 14.7. The molecule has 3 N–H and O–H groups in total. The predicted octanol–water partition coefficient (Wildman–Crippen LogP) is 4.24. The van der Waals surface area contributed by atoms with Crippen molar-refractivity contribution in [2.75, 3.05) is 0 Å². The number of aryl methyl sites for hydroxylation is 1. The average molecular weight is 440 g/mol. The van der Waals surface area contributed by atoms with Gasteiger partial charge < -0.3 is 15.4 Å². The third-order valence-electron chi connectivity index (χ3n) is 5.14. The molecular weight excluding hydrogens is 414 g/mol. The molecule has 168 valence electrons. The van der Waals surface area contributed by atoms with E-state index in [-0.39, 0.29) is 23.6 Å². The van der Waals surface area contributed by atoms with E-state index in [9.17, 15) is 13.6 Å². The zero-order chi connectivity index (χ0) is 23.4. The summed E-state index contributed by atoms with van der Waals surface area (Å²) < 4.78 is 32.1. The molecule has 4 rings (SSSR count). The Balaban J connectivity index is 0.000000523. The van der Waals surface area contributed by atoms with Crippen LogP contribution in [0.3, 0.4) is 0 Å². The lowest BCUT2D eigenvalue weighted by molar-refractivity contribution is 0.100. The molecule has 0 fully saturated rings. The van der Waals surface area contributed by atoms with E-state index in [0.717, 1.165) is 12.0 Å². The van der Waals surface area contributed by atoms with Gasteiger partial charge in [-0.3, -0.25) is 9.48 Å². The van der Waals surface area contributed by atoms with Crippen LogP contribution >= 0.6 is 0 Å². The van der Waals surface area contributed by atoms with Gasteiger partial charge in [0.2, 0.25) is 0 Å². The maximum absolute atomic E-state index is 14.7. The SMILES string of the molecule is CCC(C)O.Cn1cc(-c2ccc(Cn3cc(C(N)=O)c4c(F)cccc43)c(F)c2)cn1. The van der Waals surface area contributed by atoms with Crippen LogP contribution in [0.15, 0.2) is 55.0 Å². The smallest absolute Gasteiger partial charge is 0.250 e. The van der Waals surface area contributed by atoms with Gasteiger partial charge in [0.05, 0.1) is 29.9 Å². The Morgan fingerprint density at radius 2 is 1.88 bits per heavy atom. The minimum Gasteiger partial charge on any atom is -0.393 e. The number of halogens is 2. The van der Waals surface area contributed by atoms with Crippen LogP contribution < -0.4 is 5.73 Å². The number of primary amides is 1. The molecule has 0 aliphatic heterocycles. The summed E-state index contributed by atoms with van der Waals surface area (Å²) in [6.45, 7) is 3.87. The van der Waals surface area contributed by atoms with Gasteiger partial charge >= 0.3 is 0 Å². The van der Waals surface area contributed by atoms with Crippen molar-refractivity contribution in [1.29, 1.82) is 0 Å². The molecule has 0 bridgehead atoms. The number of aliphatic hydroxyl groups excluding tert-OH is 1. The largest absolute Gasteiger partial charge is 0.393 e. The number of carbonyl (C=O) groups is 1. The van der Waals surface area contributed by atoms with Gasteiger partial charge in [0.1, 0.15) is 11.6 Å². The highest BCUT2D eigenvalue weighted by molar-refractivity contribution is 6.06. The first-order chi connectivity index (χ1) is 15.2. The number of aromatic nitrogens is 3. The molecule has 2 aromatic carbocycles. The molecule has 2 heterocycles. The molecule has 32 heavy (non-hydrogen) atoms. The van der Waals surface area contributed by atoms with E-state index in [1.165, 1.54) is 18.3 Å². The fourth-order valence-corrected chi connectivity index (χ4v) is 3.24. The first-order valence-electron chi connectivity index (χ1n) is 10.2. The number of benzene rings is 2. The summed E-state index contributed by atoms with van der Waals surface area (Å²) in [6.07, 6.45) is 5.67. The predicted molar refractivity (Wildman–Crippen MR) is 120 cm³/mol. The van der Waals surface area contributed by atoms with E-state index in [0.29, 0.717) is 16.6 Å². The number of hydrogen-bond donors (Lipinski definition) is 2. The van der Waals surface area contributed by atoms with Crippen LogP contribution in [0.2, 0.25) is 0 Å². The van der Waals surface area contributed by atoms with Gasteiger partial charge in [0.25, 0.3) is 5.91 Å². The number of carbonyl (C=O) groups excluding carboxylic acids is 1. The van der Waals surface area contributed by atoms with Crippen LogP contribution in [-0.2, 0) is 13.6 Å². The van der Waals surface area contributed by atoms with Crippen LogP contribution in [0.4, 0.5) is 8.78 Å². The third-order valence-corrected chi connectivity index (χ3v) is 5.14. The Labute approximate surface area is 184 Å². The molecule has 0 spiro atoms. The van der Waals surface area contributed by atoms with E-state index < -0.39 is 17.5 Å². The quantitative estimate of drug-likeness (QED) is 0.487. The highest BCUT2D eigenvalue weighted by Crippen LogP contribution is 2.27. The second-order valence-electron chi connectivity index (χ2n) is 7.64. The lowest BCUT2D eigenvalue weighted by Gasteiger charge is -2.08. The van der Waals surface area contributed by atoms with Crippen LogP contribution in [0.25, 0.3) is 22.0 Å². The van der Waals surface area contributed by atoms with E-state index in [1.807, 2.05) is 6.92 Å². The Kier molecular flexibility index (Phi) is 7.05. The third kappa shape index (κ3) is 5.03. The Hall–Kier alpha value is -3.52. The van der Waals surface area contributed by atoms with Crippen molar-refractivity contribution in [2.45, 2.75) is 32.9 Å². The summed E-state index contributed by atoms with van der Waals surface area (Å²) in [7, 11) is 1.79. The molecule has 1 amide bonds. The van der Waals surface area contributed by atoms with Crippen molar-refractivity contribution < 1.29 is 18.7 Å². The van der Waals surface area contributed by atoms with Gasteiger partial charge in [-0.05, 0) is 37.1 Å². The molecule has 0 aliphatic rings. The molecule has 1 atom stereocenters. The van der Waals surface area contributed by atoms with Gasteiger partial charge in [0.15, 0.2) is 0 Å². The zero-order valence-electron chi connectivity index (χ0n) is 18.2. The number of nitrogens with zero attached hydrogens (tertiary/aromatic N) is 3. The number of amides is 1. The van der Waals surface area contributed by atoms with Crippen LogP contribution in [0.1, 0.15) is 36.2 Å². The van der Waals surface area contributed by atoms with Crippen LogP contribution in [0, 0.1) is 11.6 Å². The molecule has 0 saturated heterocycles. The van der Waals surface area contributed by atoms with Crippen molar-refractivity contribution in [1.82, 2.24) is 14.3 Å². The molecule has 8 heteroatoms. The van der Waals surface area contributed by atoms with Crippen molar-refractivity contribution in [3.05, 3.63) is 77.8 Å². The Morgan fingerprint density at radius 3 is 2.44 bits per heavy atom. The summed E-state index contributed by atoms with van der Waals surface area (Å²) in [5.41, 5.74) is 7.88. The van der Waals surface area contributed by atoms with E-state index >= 15 is 0 Å². The Morgan fingerprint density at radius 1 is 1.16 bits per heavy atom. The summed E-state index contributed by atoms with van der Waals surface area (Å²) >= 11 is 0. The molecule has 1 unspecified atom stereocenters. The van der Waals surface area contributed by atoms with E-state index in [2.05, 4.69) is 5.10 Å². The molecule has 2 aromatic heterocycles. The van der Waals surface area contributed by atoms with Crippen molar-refractivity contribution >= 4 is 16.8 Å². The van der Waals surface area contributed by atoms with Gasteiger partial charge in [-0.2, -0.15) is 5.10 Å². The second-order valence-corrected chi connectivity index (χ2v) is 7.64. The molecule has 0 saturated carbocycles. The summed E-state index contributed by atoms with van der Waals surface area (Å²) in [6, 6.07) is 9.40. The van der Waals surface area contributed by atoms with Gasteiger partial charge in [-0.1, -0.05) is 25.1 Å². The zero-order valence-corrected chi connectivity index (χ0v) is 18.2. The number of fused-ring (bicyclic) bond motifs is 1. The van der Waals surface area contributed by atoms with Gasteiger partial charge in [0, 0.05) is 36.0 Å². The fourth-order valence-electron chi connectivity index (χ4n) is 3.24. The monoisotopic (exact) mass is 440 g/mol. The minimum absolute atomic E-state index is 0.0792. The standard InChI is InChI=1S/C20H16F2N4O.C4H10O/c1-25-9-14(8-24-25)12-5-6-13(17(22)7-12)10-26-11-15(20(23)27)19-16(21)3-2-4-18(19)26;1-3-4(2)5/h2-9,11H,10H2,1H3,(H2,23,27);4-5H,3H2,1-2H3. The van der Waals surface area contributed by atoms with E-state index in [4.69, 9.17) is 10.8 Å². The van der Waals surface area contributed by atoms with Gasteiger partial charge in [-0.25, -0.2) is 8.78 Å². The van der Waals surface area contributed by atoms with Crippen molar-refractivity contribution in [3.8, 4) is 11.1 Å². The highest BCUT2D eigenvalue weighted by atomic mass is 19.1. The first-order valence-corrected chi connectivity index (χ1v) is 10.2. The summed E-state index contributed by atoms with van der Waals surface area (Å²) in [4.78, 5) is 11.7. The first kappa shape index (κ1) is 23.1.